The van der Waals surface area contributed by atoms with Crippen LogP contribution in [-0.2, 0) is 4.79 Å². The van der Waals surface area contributed by atoms with Crippen molar-refractivity contribution in [3.8, 4) is 5.75 Å². The van der Waals surface area contributed by atoms with Crippen molar-refractivity contribution in [2.75, 3.05) is 6.61 Å². The zero-order valence-electron chi connectivity index (χ0n) is 11.6. The Labute approximate surface area is 124 Å². The van der Waals surface area contributed by atoms with Crippen LogP contribution in [0.5, 0.6) is 5.75 Å². The number of hydrogen-bond donors (Lipinski definition) is 1. The average molecular weight is 295 g/mol. The molecule has 0 spiro atoms. The van der Waals surface area contributed by atoms with Gasteiger partial charge in [0.1, 0.15) is 5.75 Å². The van der Waals surface area contributed by atoms with Crippen LogP contribution in [0.3, 0.4) is 0 Å². The molecule has 2 rings (SSSR count). The summed E-state index contributed by atoms with van der Waals surface area (Å²) in [7, 11) is 0. The lowest BCUT2D eigenvalue weighted by molar-refractivity contribution is -0.123. The Kier molecular flexibility index (Phi) is 5.41. The minimum absolute atomic E-state index is 0.0488. The van der Waals surface area contributed by atoms with Crippen LogP contribution in [0.1, 0.15) is 32.6 Å². The quantitative estimate of drug-likeness (QED) is 0.865. The van der Waals surface area contributed by atoms with Gasteiger partial charge in [-0.2, -0.15) is 5.10 Å². The number of nitrogens with one attached hydrogen (secondary N) is 1. The molecule has 0 bridgehead atoms. The fourth-order valence-corrected chi connectivity index (χ4v) is 2.31. The summed E-state index contributed by atoms with van der Waals surface area (Å²) in [6.07, 6.45) is 4.52. The molecule has 1 fully saturated rings. The molecule has 1 aromatic rings. The number of hydrogen-bond acceptors (Lipinski definition) is 3. The minimum atomic E-state index is -0.245. The molecular formula is C15H19ClN2O2. The molecule has 0 aromatic heterocycles. The first-order chi connectivity index (χ1) is 9.65. The second-order valence-electron chi connectivity index (χ2n) is 5.03. The Balaban J connectivity index is 1.77. The van der Waals surface area contributed by atoms with Crippen LogP contribution in [-0.4, -0.2) is 18.2 Å². The van der Waals surface area contributed by atoms with Crippen molar-refractivity contribution in [1.82, 2.24) is 5.43 Å². The molecule has 1 saturated carbocycles. The van der Waals surface area contributed by atoms with Crippen LogP contribution in [0.25, 0.3) is 0 Å². The van der Waals surface area contributed by atoms with Crippen molar-refractivity contribution in [3.63, 3.8) is 0 Å². The van der Waals surface area contributed by atoms with Gasteiger partial charge in [0, 0.05) is 10.7 Å². The highest BCUT2D eigenvalue weighted by atomic mass is 35.5. The van der Waals surface area contributed by atoms with Gasteiger partial charge >= 0.3 is 0 Å². The Bertz CT molecular complexity index is 485. The molecule has 20 heavy (non-hydrogen) atoms. The number of nitrogens with zero attached hydrogens (tertiary/aromatic N) is 1. The van der Waals surface area contributed by atoms with Crippen molar-refractivity contribution >= 4 is 23.2 Å². The maximum absolute atomic E-state index is 11.7. The van der Waals surface area contributed by atoms with E-state index in [9.17, 15) is 4.79 Å². The van der Waals surface area contributed by atoms with Gasteiger partial charge in [0.15, 0.2) is 6.61 Å². The highest BCUT2D eigenvalue weighted by Gasteiger charge is 2.16. The smallest absolute Gasteiger partial charge is 0.277 e. The highest BCUT2D eigenvalue weighted by Crippen LogP contribution is 2.20. The number of rotatable bonds is 4. The third-order valence-corrected chi connectivity index (χ3v) is 3.65. The van der Waals surface area contributed by atoms with Crippen molar-refractivity contribution in [3.05, 3.63) is 29.3 Å². The Morgan fingerprint density at radius 3 is 2.85 bits per heavy atom. The predicted molar refractivity (Wildman–Crippen MR) is 80.2 cm³/mol. The summed E-state index contributed by atoms with van der Waals surface area (Å²) in [5.41, 5.74) is 3.64. The standard InChI is InChI=1S/C15H19ClN2O2/c1-11-4-2-3-5-14(11)17-18-15(19)10-20-13-8-6-12(16)7-9-13/h6-9,11H,2-5,10H2,1H3,(H,18,19). The molecule has 4 nitrogen and oxygen atoms in total. The van der Waals surface area contributed by atoms with Gasteiger partial charge in [0.05, 0.1) is 0 Å². The van der Waals surface area contributed by atoms with E-state index in [1.54, 1.807) is 24.3 Å². The molecule has 0 heterocycles. The van der Waals surface area contributed by atoms with Crippen molar-refractivity contribution < 1.29 is 9.53 Å². The largest absolute Gasteiger partial charge is 0.484 e. The van der Waals surface area contributed by atoms with Crippen molar-refractivity contribution in [2.24, 2.45) is 11.0 Å². The van der Waals surface area contributed by atoms with E-state index in [0.29, 0.717) is 16.7 Å². The SMILES string of the molecule is CC1CCCCC1=NNC(=O)COc1ccc(Cl)cc1. The van der Waals surface area contributed by atoms with E-state index in [2.05, 4.69) is 17.5 Å². The molecule has 1 amide bonds. The van der Waals surface area contributed by atoms with Crippen molar-refractivity contribution in [2.45, 2.75) is 32.6 Å². The number of hydrazone groups is 1. The van der Waals surface area contributed by atoms with Gasteiger partial charge in [-0.05, 0) is 49.4 Å². The first-order valence-corrected chi connectivity index (χ1v) is 7.26. The maximum Gasteiger partial charge on any atom is 0.277 e. The third-order valence-electron chi connectivity index (χ3n) is 3.40. The number of halogens is 1. The molecule has 0 radical (unpaired) electrons. The van der Waals surface area contributed by atoms with Crippen LogP contribution in [0, 0.1) is 5.92 Å². The van der Waals surface area contributed by atoms with Gasteiger partial charge in [-0.25, -0.2) is 5.43 Å². The Hall–Kier alpha value is -1.55. The van der Waals surface area contributed by atoms with Crippen LogP contribution < -0.4 is 10.2 Å². The van der Waals surface area contributed by atoms with Gasteiger partial charge in [0.25, 0.3) is 5.91 Å². The lowest BCUT2D eigenvalue weighted by Gasteiger charge is -2.19. The molecule has 5 heteroatoms. The van der Waals surface area contributed by atoms with Crippen LogP contribution >= 0.6 is 11.6 Å². The number of amides is 1. The molecule has 1 N–H and O–H groups in total. The highest BCUT2D eigenvalue weighted by molar-refractivity contribution is 6.30. The second kappa shape index (κ2) is 7.29. The fraction of sp³-hybridized carbons (Fsp3) is 0.467. The molecule has 0 aliphatic heterocycles. The topological polar surface area (TPSA) is 50.7 Å². The van der Waals surface area contributed by atoms with Gasteiger partial charge in [-0.1, -0.05) is 24.9 Å². The van der Waals surface area contributed by atoms with E-state index >= 15 is 0 Å². The first-order valence-electron chi connectivity index (χ1n) is 6.89. The zero-order chi connectivity index (χ0) is 14.4. The number of carbonyl (C=O) groups is 1. The lowest BCUT2D eigenvalue weighted by Crippen LogP contribution is -2.28. The molecule has 1 aliphatic rings. The van der Waals surface area contributed by atoms with Crippen LogP contribution in [0.2, 0.25) is 5.02 Å². The van der Waals surface area contributed by atoms with E-state index in [1.807, 2.05) is 0 Å². The molecule has 1 atom stereocenters. The maximum atomic E-state index is 11.7. The summed E-state index contributed by atoms with van der Waals surface area (Å²) in [4.78, 5) is 11.7. The second-order valence-corrected chi connectivity index (χ2v) is 5.46. The normalized spacial score (nSPS) is 20.7. The van der Waals surface area contributed by atoms with E-state index < -0.39 is 0 Å². The first kappa shape index (κ1) is 14.9. The molecule has 1 aromatic carbocycles. The van der Waals surface area contributed by atoms with Gasteiger partial charge in [0.2, 0.25) is 0 Å². The number of ether oxygens (including phenoxy) is 1. The van der Waals surface area contributed by atoms with Crippen LogP contribution in [0.15, 0.2) is 29.4 Å². The van der Waals surface area contributed by atoms with E-state index in [-0.39, 0.29) is 12.5 Å². The Morgan fingerprint density at radius 1 is 1.40 bits per heavy atom. The summed E-state index contributed by atoms with van der Waals surface area (Å²) >= 11 is 5.77. The van der Waals surface area contributed by atoms with Crippen molar-refractivity contribution in [1.29, 1.82) is 0 Å². The molecule has 1 aliphatic carbocycles. The monoisotopic (exact) mass is 294 g/mol. The summed E-state index contributed by atoms with van der Waals surface area (Å²) < 4.78 is 5.35. The fourth-order valence-electron chi connectivity index (χ4n) is 2.18. The van der Waals surface area contributed by atoms with E-state index in [1.165, 1.54) is 6.42 Å². The molecular weight excluding hydrogens is 276 g/mol. The summed E-state index contributed by atoms with van der Waals surface area (Å²) in [6, 6.07) is 6.90. The van der Waals surface area contributed by atoms with E-state index in [4.69, 9.17) is 16.3 Å². The van der Waals surface area contributed by atoms with E-state index in [0.717, 1.165) is 25.0 Å². The molecule has 0 saturated heterocycles. The predicted octanol–water partition coefficient (Wildman–Crippen LogP) is 3.40. The summed E-state index contributed by atoms with van der Waals surface area (Å²) in [5.74, 6) is 0.828. The van der Waals surface area contributed by atoms with Crippen LogP contribution in [0.4, 0.5) is 0 Å². The number of carbonyl (C=O) groups excluding carboxylic acids is 1. The Morgan fingerprint density at radius 2 is 2.15 bits per heavy atom. The third kappa shape index (κ3) is 4.53. The molecule has 108 valence electrons. The zero-order valence-corrected chi connectivity index (χ0v) is 12.3. The lowest BCUT2D eigenvalue weighted by atomic mass is 9.89. The van der Waals surface area contributed by atoms with Gasteiger partial charge in [-0.15, -0.1) is 0 Å². The minimum Gasteiger partial charge on any atom is -0.484 e. The summed E-state index contributed by atoms with van der Waals surface area (Å²) in [6.45, 7) is 2.10. The van der Waals surface area contributed by atoms with Gasteiger partial charge < -0.3 is 4.74 Å². The summed E-state index contributed by atoms with van der Waals surface area (Å²) in [5, 5.41) is 4.84. The average Bonchev–Trinajstić information content (AvgIpc) is 2.46. The number of benzene rings is 1. The van der Waals surface area contributed by atoms with Gasteiger partial charge in [-0.3, -0.25) is 4.79 Å². The molecule has 1 unspecified atom stereocenters.